The molecule has 3 rings (SSSR count). The molecule has 0 amide bonds. The number of hydrogen-bond acceptors (Lipinski definition) is 2. The fourth-order valence-electron chi connectivity index (χ4n) is 3.17. The van der Waals surface area contributed by atoms with E-state index in [1.54, 1.807) is 11.1 Å². The summed E-state index contributed by atoms with van der Waals surface area (Å²) in [4.78, 5) is 0. The Hall–Kier alpha value is -0.860. The van der Waals surface area contributed by atoms with Gasteiger partial charge in [0.05, 0.1) is 0 Å². The summed E-state index contributed by atoms with van der Waals surface area (Å²) >= 11 is 0. The predicted molar refractivity (Wildman–Crippen MR) is 70.5 cm³/mol. The topological polar surface area (TPSA) is 38.0 Å². The molecule has 2 nitrogen and oxygen atoms in total. The van der Waals surface area contributed by atoms with Gasteiger partial charge in [0.25, 0.3) is 0 Å². The van der Waals surface area contributed by atoms with Crippen molar-refractivity contribution >= 4 is 0 Å². The minimum Gasteiger partial charge on any atom is -0.271 e. The molecule has 1 saturated carbocycles. The van der Waals surface area contributed by atoms with E-state index in [9.17, 15) is 0 Å². The van der Waals surface area contributed by atoms with Crippen LogP contribution in [0.5, 0.6) is 0 Å². The van der Waals surface area contributed by atoms with Crippen LogP contribution in [0.15, 0.2) is 18.2 Å². The summed E-state index contributed by atoms with van der Waals surface area (Å²) in [6.07, 6.45) is 9.23. The molecule has 2 aliphatic carbocycles. The van der Waals surface area contributed by atoms with Gasteiger partial charge in [0.2, 0.25) is 0 Å². The average Bonchev–Trinajstić information content (AvgIpc) is 2.75. The van der Waals surface area contributed by atoms with E-state index in [0.29, 0.717) is 6.04 Å². The maximum atomic E-state index is 5.73. The van der Waals surface area contributed by atoms with Crippen LogP contribution in [0.3, 0.4) is 0 Å². The second kappa shape index (κ2) is 4.79. The Morgan fingerprint density at radius 1 is 1.18 bits per heavy atom. The van der Waals surface area contributed by atoms with E-state index >= 15 is 0 Å². The molecule has 1 unspecified atom stereocenters. The van der Waals surface area contributed by atoms with Gasteiger partial charge in [-0.1, -0.05) is 37.5 Å². The number of hydrazine groups is 1. The van der Waals surface area contributed by atoms with Gasteiger partial charge in [0.1, 0.15) is 0 Å². The molecular weight excluding hydrogens is 208 g/mol. The Kier molecular flexibility index (Phi) is 3.17. The van der Waals surface area contributed by atoms with Crippen molar-refractivity contribution < 1.29 is 0 Å². The molecule has 0 aliphatic heterocycles. The Bertz CT molecular complexity index is 396. The van der Waals surface area contributed by atoms with Crippen molar-refractivity contribution in [3.63, 3.8) is 0 Å². The van der Waals surface area contributed by atoms with Crippen LogP contribution in [0.4, 0.5) is 0 Å². The maximum Gasteiger partial charge on any atom is 0.0462 e. The largest absolute Gasteiger partial charge is 0.271 e. The first-order valence-corrected chi connectivity index (χ1v) is 6.94. The van der Waals surface area contributed by atoms with Crippen molar-refractivity contribution in [1.82, 2.24) is 5.43 Å². The maximum absolute atomic E-state index is 5.73. The fourth-order valence-corrected chi connectivity index (χ4v) is 3.17. The molecule has 0 spiro atoms. The zero-order chi connectivity index (χ0) is 11.7. The number of hydrogen-bond donors (Lipinski definition) is 2. The highest BCUT2D eigenvalue weighted by Crippen LogP contribution is 2.35. The molecule has 1 fully saturated rings. The van der Waals surface area contributed by atoms with Crippen LogP contribution < -0.4 is 11.3 Å². The number of benzene rings is 1. The summed E-state index contributed by atoms with van der Waals surface area (Å²) in [6.45, 7) is 0. The van der Waals surface area contributed by atoms with Gasteiger partial charge < -0.3 is 0 Å². The second-order valence-corrected chi connectivity index (χ2v) is 5.63. The molecule has 2 heteroatoms. The first kappa shape index (κ1) is 11.2. The summed E-state index contributed by atoms with van der Waals surface area (Å²) in [5, 5.41) is 0. The predicted octanol–water partition coefficient (Wildman–Crippen LogP) is 2.87. The van der Waals surface area contributed by atoms with Gasteiger partial charge in [-0.15, -0.1) is 0 Å². The molecule has 1 aromatic rings. The fraction of sp³-hybridized carbons (Fsp3) is 0.600. The van der Waals surface area contributed by atoms with Crippen LogP contribution in [0.1, 0.15) is 54.8 Å². The lowest BCUT2D eigenvalue weighted by Crippen LogP contribution is -2.31. The second-order valence-electron chi connectivity index (χ2n) is 5.63. The monoisotopic (exact) mass is 230 g/mol. The zero-order valence-corrected chi connectivity index (χ0v) is 10.4. The Balaban J connectivity index is 1.76. The molecule has 1 atom stereocenters. The molecule has 0 radical (unpaired) electrons. The third kappa shape index (κ3) is 2.24. The van der Waals surface area contributed by atoms with Crippen LogP contribution in [0, 0.1) is 5.92 Å². The van der Waals surface area contributed by atoms with E-state index in [0.717, 1.165) is 5.92 Å². The third-order valence-corrected chi connectivity index (χ3v) is 4.52. The van der Waals surface area contributed by atoms with E-state index in [1.165, 1.54) is 50.5 Å². The summed E-state index contributed by atoms with van der Waals surface area (Å²) in [6, 6.07) is 7.31. The molecule has 1 aromatic carbocycles. The van der Waals surface area contributed by atoms with Gasteiger partial charge >= 0.3 is 0 Å². The van der Waals surface area contributed by atoms with E-state index in [1.807, 2.05) is 0 Å². The highest BCUT2D eigenvalue weighted by atomic mass is 15.2. The molecule has 0 bridgehead atoms. The quantitative estimate of drug-likeness (QED) is 0.616. The van der Waals surface area contributed by atoms with Crippen LogP contribution in [-0.2, 0) is 12.8 Å². The van der Waals surface area contributed by atoms with Crippen LogP contribution in [-0.4, -0.2) is 0 Å². The number of fused-ring (bicyclic) bond motifs is 1. The normalized spacial score (nSPS) is 21.0. The van der Waals surface area contributed by atoms with Crippen molar-refractivity contribution in [3.8, 4) is 0 Å². The lowest BCUT2D eigenvalue weighted by Gasteiger charge is -2.29. The van der Waals surface area contributed by atoms with E-state index in [2.05, 4.69) is 23.6 Å². The van der Waals surface area contributed by atoms with E-state index < -0.39 is 0 Å². The van der Waals surface area contributed by atoms with Gasteiger partial charge in [-0.2, -0.15) is 0 Å². The molecule has 2 aliphatic rings. The summed E-state index contributed by atoms with van der Waals surface area (Å²) < 4.78 is 0. The smallest absolute Gasteiger partial charge is 0.0462 e. The van der Waals surface area contributed by atoms with Gasteiger partial charge in [0, 0.05) is 6.04 Å². The van der Waals surface area contributed by atoms with Gasteiger partial charge in [0.15, 0.2) is 0 Å². The van der Waals surface area contributed by atoms with Crippen molar-refractivity contribution in [3.05, 3.63) is 34.9 Å². The summed E-state index contributed by atoms with van der Waals surface area (Å²) in [5.74, 6) is 6.62. The average molecular weight is 230 g/mol. The molecule has 0 heterocycles. The minimum atomic E-state index is 0.353. The SMILES string of the molecule is NNC(CC1CCC1)c1ccc2c(c1)CCC2. The number of nitrogens with two attached hydrogens (primary N) is 1. The van der Waals surface area contributed by atoms with E-state index in [4.69, 9.17) is 5.84 Å². The molecule has 3 N–H and O–H groups in total. The number of nitrogens with one attached hydrogen (secondary N) is 1. The minimum absolute atomic E-state index is 0.353. The highest BCUT2D eigenvalue weighted by Gasteiger charge is 2.23. The molecule has 92 valence electrons. The Morgan fingerprint density at radius 2 is 2.00 bits per heavy atom. The van der Waals surface area contributed by atoms with Gasteiger partial charge in [-0.05, 0) is 48.3 Å². The molecule has 0 saturated heterocycles. The summed E-state index contributed by atoms with van der Waals surface area (Å²) in [5.41, 5.74) is 7.50. The lowest BCUT2D eigenvalue weighted by molar-refractivity contribution is 0.262. The number of aryl methyl sites for hydroxylation is 2. The van der Waals surface area contributed by atoms with Crippen molar-refractivity contribution in [2.75, 3.05) is 0 Å². The Labute approximate surface area is 104 Å². The Morgan fingerprint density at radius 3 is 2.71 bits per heavy atom. The third-order valence-electron chi connectivity index (χ3n) is 4.52. The standard InChI is InChI=1S/C15H22N2/c16-17-15(9-11-3-1-4-11)14-8-7-12-5-2-6-13(12)10-14/h7-8,10-11,15,17H,1-6,9,16H2. The first-order valence-electron chi connectivity index (χ1n) is 6.94. The van der Waals surface area contributed by atoms with Crippen molar-refractivity contribution in [2.45, 2.75) is 51.0 Å². The zero-order valence-electron chi connectivity index (χ0n) is 10.4. The van der Waals surface area contributed by atoms with Gasteiger partial charge in [-0.3, -0.25) is 11.3 Å². The van der Waals surface area contributed by atoms with Crippen LogP contribution in [0.2, 0.25) is 0 Å². The van der Waals surface area contributed by atoms with Crippen LogP contribution >= 0.6 is 0 Å². The highest BCUT2D eigenvalue weighted by molar-refractivity contribution is 5.36. The van der Waals surface area contributed by atoms with E-state index in [-0.39, 0.29) is 0 Å². The molecule has 0 aromatic heterocycles. The molecule has 17 heavy (non-hydrogen) atoms. The van der Waals surface area contributed by atoms with Crippen molar-refractivity contribution in [2.24, 2.45) is 11.8 Å². The lowest BCUT2D eigenvalue weighted by atomic mass is 9.79. The summed E-state index contributed by atoms with van der Waals surface area (Å²) in [7, 11) is 0. The first-order chi connectivity index (χ1) is 8.36. The van der Waals surface area contributed by atoms with Crippen LogP contribution in [0.25, 0.3) is 0 Å². The van der Waals surface area contributed by atoms with Crippen molar-refractivity contribution in [1.29, 1.82) is 0 Å². The van der Waals surface area contributed by atoms with Gasteiger partial charge in [-0.25, -0.2) is 0 Å². The number of rotatable bonds is 4. The molecular formula is C15H22N2.